The standard InChI is InChI=1S/C31H40N2O2/c1-29-13-9-21(34)17-20(29)7-8-24-25(29)10-14-30(2)26(24)11-15-31(30,35)19-33-16-12-23-22-5-3-4-6-27(22)32-28(23)18-33/h3-8,21,25-26,32,34-35H,9-19H2,1-2H3. The molecule has 0 bridgehead atoms. The van der Waals surface area contributed by atoms with E-state index in [0.717, 1.165) is 71.0 Å². The van der Waals surface area contributed by atoms with Crippen molar-refractivity contribution >= 4 is 10.9 Å². The molecule has 1 aromatic carbocycles. The van der Waals surface area contributed by atoms with Crippen LogP contribution in [0.4, 0.5) is 0 Å². The van der Waals surface area contributed by atoms with Crippen molar-refractivity contribution in [2.24, 2.45) is 22.7 Å². The van der Waals surface area contributed by atoms with Gasteiger partial charge in [0.2, 0.25) is 0 Å². The van der Waals surface area contributed by atoms with Crippen LogP contribution < -0.4 is 0 Å². The molecular formula is C31H40N2O2. The Morgan fingerprint density at radius 3 is 2.74 bits per heavy atom. The van der Waals surface area contributed by atoms with Crippen LogP contribution in [0.5, 0.6) is 0 Å². The maximum Gasteiger partial charge on any atom is 0.0833 e. The summed E-state index contributed by atoms with van der Waals surface area (Å²) in [7, 11) is 0. The number of rotatable bonds is 2. The van der Waals surface area contributed by atoms with E-state index in [0.29, 0.717) is 11.8 Å². The summed E-state index contributed by atoms with van der Waals surface area (Å²) in [6.45, 7) is 7.56. The molecule has 3 N–H and O–H groups in total. The van der Waals surface area contributed by atoms with Gasteiger partial charge in [-0.05, 0) is 80.2 Å². The summed E-state index contributed by atoms with van der Waals surface area (Å²) in [5, 5.41) is 23.9. The minimum Gasteiger partial charge on any atom is -0.393 e. The number of para-hydroxylation sites is 1. The minimum atomic E-state index is -0.638. The largest absolute Gasteiger partial charge is 0.393 e. The fourth-order valence-electron chi connectivity index (χ4n) is 9.11. The van der Waals surface area contributed by atoms with Gasteiger partial charge in [0, 0.05) is 41.6 Å². The molecule has 7 rings (SSSR count). The molecule has 1 aliphatic heterocycles. The molecule has 0 radical (unpaired) electrons. The van der Waals surface area contributed by atoms with Crippen LogP contribution in [0, 0.1) is 22.7 Å². The van der Waals surface area contributed by atoms with E-state index in [9.17, 15) is 10.2 Å². The normalized spacial score (nSPS) is 41.0. The number of aromatic amines is 1. The minimum absolute atomic E-state index is 0.0635. The van der Waals surface area contributed by atoms with Gasteiger partial charge in [0.15, 0.2) is 0 Å². The van der Waals surface area contributed by atoms with Crippen molar-refractivity contribution in [1.82, 2.24) is 9.88 Å². The zero-order valence-electron chi connectivity index (χ0n) is 21.3. The van der Waals surface area contributed by atoms with Crippen LogP contribution in [0.15, 0.2) is 47.6 Å². The zero-order chi connectivity index (χ0) is 24.0. The summed E-state index contributed by atoms with van der Waals surface area (Å²) < 4.78 is 0. The number of benzene rings is 1. The summed E-state index contributed by atoms with van der Waals surface area (Å²) in [6.07, 6.45) is 12.8. The Hall–Kier alpha value is -1.88. The average molecular weight is 473 g/mol. The van der Waals surface area contributed by atoms with E-state index in [-0.39, 0.29) is 16.9 Å². The summed E-state index contributed by atoms with van der Waals surface area (Å²) in [4.78, 5) is 6.17. The van der Waals surface area contributed by atoms with Crippen LogP contribution in [-0.4, -0.2) is 44.9 Å². The molecule has 4 aliphatic carbocycles. The van der Waals surface area contributed by atoms with Gasteiger partial charge in [0.25, 0.3) is 0 Å². The first-order valence-electron chi connectivity index (χ1n) is 13.9. The van der Waals surface area contributed by atoms with Crippen LogP contribution in [0.25, 0.3) is 10.9 Å². The number of β-amino-alcohol motifs (C(OH)–C–C–N with tert-alkyl or cyclic N) is 1. The highest BCUT2D eigenvalue weighted by atomic mass is 16.3. The molecule has 4 nitrogen and oxygen atoms in total. The first kappa shape index (κ1) is 22.3. The van der Waals surface area contributed by atoms with Crippen LogP contribution in [0.3, 0.4) is 0 Å². The molecule has 186 valence electrons. The predicted molar refractivity (Wildman–Crippen MR) is 140 cm³/mol. The Kier molecular flexibility index (Phi) is 4.83. The molecule has 2 heterocycles. The van der Waals surface area contributed by atoms with Crippen molar-refractivity contribution in [3.63, 3.8) is 0 Å². The van der Waals surface area contributed by atoms with Gasteiger partial charge in [-0.1, -0.05) is 55.3 Å². The molecule has 5 aliphatic rings. The third-order valence-corrected chi connectivity index (χ3v) is 11.3. The number of nitrogens with one attached hydrogen (secondary N) is 1. The number of nitrogens with zero attached hydrogens (tertiary/aromatic N) is 1. The van der Waals surface area contributed by atoms with Crippen molar-refractivity contribution in [2.45, 2.75) is 83.5 Å². The molecule has 0 amide bonds. The number of allylic oxidation sites excluding steroid dienone is 3. The molecule has 1 aromatic heterocycles. The monoisotopic (exact) mass is 472 g/mol. The van der Waals surface area contributed by atoms with Crippen molar-refractivity contribution in [3.8, 4) is 0 Å². The fraction of sp³-hybridized carbons (Fsp3) is 0.613. The highest BCUT2D eigenvalue weighted by Gasteiger charge is 2.62. The van der Waals surface area contributed by atoms with E-state index in [4.69, 9.17) is 0 Å². The lowest BCUT2D eigenvalue weighted by Gasteiger charge is -2.56. The van der Waals surface area contributed by atoms with Gasteiger partial charge in [0.05, 0.1) is 11.7 Å². The Morgan fingerprint density at radius 1 is 1.03 bits per heavy atom. The summed E-state index contributed by atoms with van der Waals surface area (Å²) in [5.41, 5.74) is 6.62. The van der Waals surface area contributed by atoms with Crippen LogP contribution >= 0.6 is 0 Å². The van der Waals surface area contributed by atoms with Gasteiger partial charge < -0.3 is 15.2 Å². The summed E-state index contributed by atoms with van der Waals surface area (Å²) in [5.74, 6) is 1.06. The SMILES string of the molecule is CC12CCC(O)CC1=CC=C1C2CCC2(C)C1CCC2(O)CN1CCc2c([nH]c3ccccc23)C1. The molecule has 0 saturated heterocycles. The second kappa shape index (κ2) is 7.57. The molecule has 3 fully saturated rings. The van der Waals surface area contributed by atoms with E-state index in [2.05, 4.69) is 60.1 Å². The third kappa shape index (κ3) is 3.09. The zero-order valence-corrected chi connectivity index (χ0v) is 21.3. The maximum absolute atomic E-state index is 12.3. The van der Waals surface area contributed by atoms with Crippen molar-refractivity contribution in [1.29, 1.82) is 0 Å². The number of fused-ring (bicyclic) bond motifs is 8. The predicted octanol–water partition coefficient (Wildman–Crippen LogP) is 5.50. The average Bonchev–Trinajstić information content (AvgIpc) is 3.33. The molecule has 4 heteroatoms. The van der Waals surface area contributed by atoms with Crippen LogP contribution in [-0.2, 0) is 13.0 Å². The van der Waals surface area contributed by atoms with Crippen molar-refractivity contribution in [2.75, 3.05) is 13.1 Å². The molecule has 35 heavy (non-hydrogen) atoms. The number of hydrogen-bond acceptors (Lipinski definition) is 3. The molecule has 0 spiro atoms. The number of aliphatic hydroxyl groups excluding tert-OH is 1. The quantitative estimate of drug-likeness (QED) is 0.541. The molecule has 3 saturated carbocycles. The van der Waals surface area contributed by atoms with Gasteiger partial charge in [-0.2, -0.15) is 0 Å². The Bertz CT molecular complexity index is 1240. The van der Waals surface area contributed by atoms with Crippen molar-refractivity contribution < 1.29 is 10.2 Å². The highest BCUT2D eigenvalue weighted by molar-refractivity contribution is 5.84. The molecular weight excluding hydrogens is 432 g/mol. The Morgan fingerprint density at radius 2 is 1.86 bits per heavy atom. The molecule has 6 unspecified atom stereocenters. The van der Waals surface area contributed by atoms with E-state index in [1.165, 1.54) is 27.7 Å². The van der Waals surface area contributed by atoms with Gasteiger partial charge in [-0.15, -0.1) is 0 Å². The summed E-state index contributed by atoms with van der Waals surface area (Å²) >= 11 is 0. The lowest BCUT2D eigenvalue weighted by molar-refractivity contribution is -0.104. The number of hydrogen-bond donors (Lipinski definition) is 3. The number of aliphatic hydroxyl groups is 2. The topological polar surface area (TPSA) is 59.5 Å². The third-order valence-electron chi connectivity index (χ3n) is 11.3. The fourth-order valence-corrected chi connectivity index (χ4v) is 9.11. The summed E-state index contributed by atoms with van der Waals surface area (Å²) in [6, 6.07) is 8.65. The van der Waals surface area contributed by atoms with E-state index >= 15 is 0 Å². The Labute approximate surface area is 209 Å². The maximum atomic E-state index is 12.3. The Balaban J connectivity index is 1.15. The second-order valence-electron chi connectivity index (χ2n) is 12.9. The smallest absolute Gasteiger partial charge is 0.0833 e. The lowest BCUT2D eigenvalue weighted by atomic mass is 9.50. The highest BCUT2D eigenvalue weighted by Crippen LogP contribution is 2.66. The number of H-pyrrole nitrogens is 1. The molecule has 2 aromatic rings. The van der Waals surface area contributed by atoms with Gasteiger partial charge in [-0.25, -0.2) is 0 Å². The van der Waals surface area contributed by atoms with E-state index < -0.39 is 5.60 Å². The van der Waals surface area contributed by atoms with Gasteiger partial charge in [0.1, 0.15) is 0 Å². The first-order valence-corrected chi connectivity index (χ1v) is 13.9. The van der Waals surface area contributed by atoms with Crippen LogP contribution in [0.1, 0.15) is 70.1 Å². The van der Waals surface area contributed by atoms with Gasteiger partial charge >= 0.3 is 0 Å². The van der Waals surface area contributed by atoms with Gasteiger partial charge in [-0.3, -0.25) is 4.90 Å². The van der Waals surface area contributed by atoms with E-state index in [1.807, 2.05) is 0 Å². The van der Waals surface area contributed by atoms with Crippen LogP contribution in [0.2, 0.25) is 0 Å². The second-order valence-corrected chi connectivity index (χ2v) is 12.9. The molecule has 6 atom stereocenters. The van der Waals surface area contributed by atoms with E-state index in [1.54, 1.807) is 5.57 Å². The number of aromatic nitrogens is 1. The first-order chi connectivity index (χ1) is 16.8. The lowest BCUT2D eigenvalue weighted by Crippen LogP contribution is -2.56. The van der Waals surface area contributed by atoms with Crippen molar-refractivity contribution in [3.05, 3.63) is 58.8 Å².